The number of hydrogen-bond acceptors (Lipinski definition) is 7. The molecule has 200 valence electrons. The minimum atomic E-state index is -0.645. The summed E-state index contributed by atoms with van der Waals surface area (Å²) in [6.07, 6.45) is 2.18. The van der Waals surface area contributed by atoms with Crippen molar-refractivity contribution in [3.63, 3.8) is 0 Å². The summed E-state index contributed by atoms with van der Waals surface area (Å²) in [5, 5.41) is 2.70. The lowest BCUT2D eigenvalue weighted by atomic mass is 10.1. The van der Waals surface area contributed by atoms with Crippen LogP contribution in [-0.2, 0) is 4.74 Å². The molecule has 11 heteroatoms. The fourth-order valence-electron chi connectivity index (χ4n) is 4.05. The zero-order chi connectivity index (χ0) is 27.4. The van der Waals surface area contributed by atoms with Crippen LogP contribution in [0.4, 0.5) is 25.0 Å². The van der Waals surface area contributed by atoms with E-state index in [4.69, 9.17) is 9.47 Å². The molecule has 1 N–H and O–H groups in total. The normalized spacial score (nSPS) is 13.7. The Morgan fingerprint density at radius 2 is 1.76 bits per heavy atom. The lowest BCUT2D eigenvalue weighted by Gasteiger charge is -2.37. The van der Waals surface area contributed by atoms with Crippen LogP contribution in [0.25, 0.3) is 11.3 Å². The summed E-state index contributed by atoms with van der Waals surface area (Å²) in [5.41, 5.74) is 0.328. The van der Waals surface area contributed by atoms with Crippen LogP contribution >= 0.6 is 0 Å². The summed E-state index contributed by atoms with van der Waals surface area (Å²) >= 11 is 0. The Morgan fingerprint density at radius 3 is 2.45 bits per heavy atom. The number of aromatic nitrogens is 2. The lowest BCUT2D eigenvalue weighted by molar-refractivity contribution is 0.0240. The SMILES string of the molecule is COc1cccc(F)c1-c1cncc(C(=O)Nc2cc(F)ccc2N2CCN(C(=O)OC(C)(C)C)CC2)n1. The second kappa shape index (κ2) is 11.0. The summed E-state index contributed by atoms with van der Waals surface area (Å²) in [6.45, 7) is 7.13. The Bertz CT molecular complexity index is 1340. The zero-order valence-electron chi connectivity index (χ0n) is 21.6. The van der Waals surface area contributed by atoms with Crippen LogP contribution in [0.3, 0.4) is 0 Å². The number of nitrogens with one attached hydrogen (secondary N) is 1. The van der Waals surface area contributed by atoms with E-state index in [1.165, 1.54) is 43.8 Å². The maximum absolute atomic E-state index is 14.5. The van der Waals surface area contributed by atoms with Gasteiger partial charge in [0.15, 0.2) is 0 Å². The molecule has 2 amide bonds. The minimum absolute atomic E-state index is 0.0754. The smallest absolute Gasteiger partial charge is 0.410 e. The highest BCUT2D eigenvalue weighted by atomic mass is 19.1. The Kier molecular flexibility index (Phi) is 7.75. The number of rotatable bonds is 5. The molecule has 0 aliphatic carbocycles. The number of nitrogens with zero attached hydrogens (tertiary/aromatic N) is 4. The van der Waals surface area contributed by atoms with Gasteiger partial charge in [0.05, 0.1) is 42.1 Å². The number of piperazine rings is 1. The number of methoxy groups -OCH3 is 1. The average Bonchev–Trinajstić information content (AvgIpc) is 2.88. The summed E-state index contributed by atoms with van der Waals surface area (Å²) in [4.78, 5) is 37.4. The number of carbonyl (C=O) groups excluding carboxylic acids is 2. The number of ether oxygens (including phenoxy) is 2. The molecule has 2 heterocycles. The van der Waals surface area contributed by atoms with Gasteiger partial charge in [-0.2, -0.15) is 0 Å². The first kappa shape index (κ1) is 26.8. The Labute approximate surface area is 219 Å². The van der Waals surface area contributed by atoms with Crippen molar-refractivity contribution in [3.8, 4) is 17.0 Å². The Morgan fingerprint density at radius 1 is 1.03 bits per heavy atom. The first-order chi connectivity index (χ1) is 18.1. The van der Waals surface area contributed by atoms with Gasteiger partial charge in [0, 0.05) is 26.2 Å². The molecule has 1 aromatic heterocycles. The van der Waals surface area contributed by atoms with Crippen molar-refractivity contribution in [2.45, 2.75) is 26.4 Å². The van der Waals surface area contributed by atoms with Crippen LogP contribution in [0.1, 0.15) is 31.3 Å². The molecule has 2 aromatic carbocycles. The fourth-order valence-corrected chi connectivity index (χ4v) is 4.05. The van der Waals surface area contributed by atoms with Crippen molar-refractivity contribution in [2.75, 3.05) is 43.5 Å². The van der Waals surface area contributed by atoms with Gasteiger partial charge >= 0.3 is 6.09 Å². The Hall–Kier alpha value is -4.28. The highest BCUT2D eigenvalue weighted by Crippen LogP contribution is 2.32. The molecule has 38 heavy (non-hydrogen) atoms. The van der Waals surface area contributed by atoms with E-state index in [9.17, 15) is 18.4 Å². The van der Waals surface area contributed by atoms with Crippen LogP contribution in [0.5, 0.6) is 5.75 Å². The molecule has 1 aliphatic rings. The number of halogens is 2. The van der Waals surface area contributed by atoms with E-state index in [0.29, 0.717) is 31.9 Å². The molecule has 0 unspecified atom stereocenters. The Balaban J connectivity index is 1.52. The lowest BCUT2D eigenvalue weighted by Crippen LogP contribution is -2.50. The van der Waals surface area contributed by atoms with Crippen molar-refractivity contribution in [2.24, 2.45) is 0 Å². The first-order valence-corrected chi connectivity index (χ1v) is 12.0. The molecular formula is C27H29F2N5O4. The van der Waals surface area contributed by atoms with E-state index >= 15 is 0 Å². The molecule has 3 aromatic rings. The molecule has 4 rings (SSSR count). The van der Waals surface area contributed by atoms with Crippen LogP contribution in [0, 0.1) is 11.6 Å². The molecule has 0 saturated carbocycles. The summed E-state index contributed by atoms with van der Waals surface area (Å²) < 4.78 is 39.4. The molecule has 0 spiro atoms. The molecule has 1 fully saturated rings. The highest BCUT2D eigenvalue weighted by molar-refractivity contribution is 6.04. The summed E-state index contributed by atoms with van der Waals surface area (Å²) in [6, 6.07) is 8.42. The quantitative estimate of drug-likeness (QED) is 0.514. The number of carbonyl (C=O) groups is 2. The standard InChI is InChI=1S/C27H29F2N5O4/c1-27(2,3)38-26(36)34-12-10-33(11-13-34)22-9-8-17(28)14-19(22)32-25(35)21-16-30-15-20(31-21)24-18(29)6-5-7-23(24)37-4/h5-9,14-16H,10-13H2,1-4H3,(H,32,35). The topological polar surface area (TPSA) is 96.9 Å². The van der Waals surface area contributed by atoms with E-state index in [1.807, 2.05) is 25.7 Å². The van der Waals surface area contributed by atoms with Gasteiger partial charge < -0.3 is 24.6 Å². The van der Waals surface area contributed by atoms with Crippen LogP contribution < -0.4 is 15.0 Å². The van der Waals surface area contributed by atoms with Crippen molar-refractivity contribution in [1.29, 1.82) is 0 Å². The molecule has 0 bridgehead atoms. The van der Waals surface area contributed by atoms with Gasteiger partial charge in [-0.15, -0.1) is 0 Å². The van der Waals surface area contributed by atoms with Crippen molar-refractivity contribution in [3.05, 3.63) is 66.1 Å². The third-order valence-corrected chi connectivity index (χ3v) is 5.80. The highest BCUT2D eigenvalue weighted by Gasteiger charge is 2.27. The molecule has 1 saturated heterocycles. The van der Waals surface area contributed by atoms with Crippen LogP contribution in [-0.4, -0.2) is 65.8 Å². The van der Waals surface area contributed by atoms with E-state index in [2.05, 4.69) is 15.3 Å². The average molecular weight is 526 g/mol. The van der Waals surface area contributed by atoms with Gasteiger partial charge in [-0.25, -0.2) is 18.6 Å². The second-order valence-electron chi connectivity index (χ2n) is 9.68. The second-order valence-corrected chi connectivity index (χ2v) is 9.68. The van der Waals surface area contributed by atoms with Gasteiger partial charge in [-0.05, 0) is 51.1 Å². The molecule has 1 aliphatic heterocycles. The number of anilines is 2. The molecule has 0 radical (unpaired) electrons. The largest absolute Gasteiger partial charge is 0.496 e. The third-order valence-electron chi connectivity index (χ3n) is 5.80. The minimum Gasteiger partial charge on any atom is -0.496 e. The van der Waals surface area contributed by atoms with Gasteiger partial charge in [-0.3, -0.25) is 9.78 Å². The fraction of sp³-hybridized carbons (Fsp3) is 0.333. The maximum Gasteiger partial charge on any atom is 0.410 e. The maximum atomic E-state index is 14.5. The van der Waals surface area contributed by atoms with Crippen LogP contribution in [0.2, 0.25) is 0 Å². The number of amides is 2. The van der Waals surface area contributed by atoms with Crippen LogP contribution in [0.15, 0.2) is 48.8 Å². The van der Waals surface area contributed by atoms with E-state index in [0.717, 1.165) is 0 Å². The number of benzene rings is 2. The monoisotopic (exact) mass is 525 g/mol. The first-order valence-electron chi connectivity index (χ1n) is 12.0. The third kappa shape index (κ3) is 6.16. The van der Waals surface area contributed by atoms with Gasteiger partial charge in [-0.1, -0.05) is 6.07 Å². The van der Waals surface area contributed by atoms with Crippen molar-refractivity contribution in [1.82, 2.24) is 14.9 Å². The van der Waals surface area contributed by atoms with Gasteiger partial charge in [0.2, 0.25) is 0 Å². The van der Waals surface area contributed by atoms with E-state index in [-0.39, 0.29) is 28.4 Å². The summed E-state index contributed by atoms with van der Waals surface area (Å²) in [5.74, 6) is -1.51. The van der Waals surface area contributed by atoms with Crippen molar-refractivity contribution < 1.29 is 27.8 Å². The van der Waals surface area contributed by atoms with E-state index in [1.54, 1.807) is 17.0 Å². The number of hydrogen-bond donors (Lipinski definition) is 1. The summed E-state index contributed by atoms with van der Waals surface area (Å²) in [7, 11) is 1.40. The predicted molar refractivity (Wildman–Crippen MR) is 138 cm³/mol. The molecule has 9 nitrogen and oxygen atoms in total. The van der Waals surface area contributed by atoms with Crippen molar-refractivity contribution >= 4 is 23.4 Å². The van der Waals surface area contributed by atoms with Gasteiger partial charge in [0.1, 0.15) is 28.7 Å². The van der Waals surface area contributed by atoms with Gasteiger partial charge in [0.25, 0.3) is 5.91 Å². The predicted octanol–water partition coefficient (Wildman–Crippen LogP) is 4.74. The zero-order valence-corrected chi connectivity index (χ0v) is 21.6. The molecule has 0 atom stereocenters. The molecular weight excluding hydrogens is 496 g/mol. The van der Waals surface area contributed by atoms with E-state index < -0.39 is 29.2 Å².